The van der Waals surface area contributed by atoms with Gasteiger partial charge in [0.25, 0.3) is 0 Å². The monoisotopic (exact) mass is 317 g/mol. The van der Waals surface area contributed by atoms with Crippen LogP contribution in [0.3, 0.4) is 0 Å². The van der Waals surface area contributed by atoms with Crippen LogP contribution in [-0.2, 0) is 0 Å². The minimum atomic E-state index is -1.46. The SMILES string of the molecule is C=CC[C@@H](CO)[C@@H](C#C[Si](C)(C)C)Nc1ccc(OC)cc1. The molecule has 120 valence electrons. The van der Waals surface area contributed by atoms with Gasteiger partial charge >= 0.3 is 0 Å². The molecule has 0 amide bonds. The van der Waals surface area contributed by atoms with E-state index in [-0.39, 0.29) is 18.6 Å². The van der Waals surface area contributed by atoms with Gasteiger partial charge in [0, 0.05) is 18.2 Å². The van der Waals surface area contributed by atoms with Crippen LogP contribution in [0.25, 0.3) is 0 Å². The predicted octanol–water partition coefficient (Wildman–Crippen LogP) is 3.54. The van der Waals surface area contributed by atoms with Crippen LogP contribution >= 0.6 is 0 Å². The molecule has 0 heterocycles. The third kappa shape index (κ3) is 6.38. The largest absolute Gasteiger partial charge is 0.497 e. The van der Waals surface area contributed by atoms with Crippen molar-refractivity contribution in [3.63, 3.8) is 0 Å². The first kappa shape index (κ1) is 18.3. The molecule has 2 atom stereocenters. The van der Waals surface area contributed by atoms with E-state index in [1.807, 2.05) is 30.3 Å². The summed E-state index contributed by atoms with van der Waals surface area (Å²) in [6.07, 6.45) is 2.56. The molecule has 1 aromatic rings. The smallest absolute Gasteiger partial charge is 0.129 e. The van der Waals surface area contributed by atoms with Gasteiger partial charge < -0.3 is 15.2 Å². The number of hydrogen-bond donors (Lipinski definition) is 2. The number of ether oxygens (including phenoxy) is 1. The molecular weight excluding hydrogens is 290 g/mol. The van der Waals surface area contributed by atoms with E-state index in [0.29, 0.717) is 0 Å². The van der Waals surface area contributed by atoms with E-state index in [1.54, 1.807) is 7.11 Å². The van der Waals surface area contributed by atoms with Crippen molar-refractivity contribution in [2.45, 2.75) is 32.1 Å². The van der Waals surface area contributed by atoms with E-state index in [0.717, 1.165) is 17.9 Å². The van der Waals surface area contributed by atoms with Gasteiger partial charge in [-0.1, -0.05) is 31.6 Å². The molecule has 1 aromatic carbocycles. The Kier molecular flexibility index (Phi) is 7.23. The highest BCUT2D eigenvalue weighted by Crippen LogP contribution is 2.19. The third-order valence-electron chi connectivity index (χ3n) is 3.19. The zero-order valence-corrected chi connectivity index (χ0v) is 15.0. The molecule has 1 rings (SSSR count). The number of allylic oxidation sites excluding steroid dienone is 1. The average molecular weight is 318 g/mol. The average Bonchev–Trinajstić information content (AvgIpc) is 2.49. The lowest BCUT2D eigenvalue weighted by molar-refractivity contribution is 0.223. The second kappa shape index (κ2) is 8.67. The number of rotatable bonds is 7. The van der Waals surface area contributed by atoms with Crippen LogP contribution in [0.15, 0.2) is 36.9 Å². The Morgan fingerprint density at radius 3 is 2.41 bits per heavy atom. The molecule has 0 aliphatic carbocycles. The fraction of sp³-hybridized carbons (Fsp3) is 0.444. The van der Waals surface area contributed by atoms with Crippen molar-refractivity contribution in [2.75, 3.05) is 19.0 Å². The lowest BCUT2D eigenvalue weighted by Gasteiger charge is -2.23. The summed E-state index contributed by atoms with van der Waals surface area (Å²) >= 11 is 0. The summed E-state index contributed by atoms with van der Waals surface area (Å²) in [6, 6.07) is 7.65. The molecule has 0 aromatic heterocycles. The molecule has 2 N–H and O–H groups in total. The van der Waals surface area contributed by atoms with Crippen LogP contribution in [0.5, 0.6) is 5.75 Å². The highest BCUT2D eigenvalue weighted by molar-refractivity contribution is 6.83. The summed E-state index contributed by atoms with van der Waals surface area (Å²) in [5, 5.41) is 13.1. The van der Waals surface area contributed by atoms with E-state index in [4.69, 9.17) is 4.74 Å². The minimum Gasteiger partial charge on any atom is -0.497 e. The fourth-order valence-electron chi connectivity index (χ4n) is 1.96. The van der Waals surface area contributed by atoms with Gasteiger partial charge in [-0.15, -0.1) is 12.1 Å². The molecule has 0 saturated carbocycles. The number of methoxy groups -OCH3 is 1. The summed E-state index contributed by atoms with van der Waals surface area (Å²) in [6.45, 7) is 10.5. The number of hydrogen-bond acceptors (Lipinski definition) is 3. The molecule has 0 fully saturated rings. The van der Waals surface area contributed by atoms with E-state index in [1.165, 1.54) is 0 Å². The van der Waals surface area contributed by atoms with Crippen molar-refractivity contribution in [1.82, 2.24) is 0 Å². The molecule has 0 aliphatic rings. The Morgan fingerprint density at radius 1 is 1.32 bits per heavy atom. The normalized spacial score (nSPS) is 13.5. The van der Waals surface area contributed by atoms with Gasteiger partial charge in [0.2, 0.25) is 0 Å². The number of aliphatic hydroxyl groups is 1. The van der Waals surface area contributed by atoms with E-state index >= 15 is 0 Å². The topological polar surface area (TPSA) is 41.5 Å². The highest BCUT2D eigenvalue weighted by atomic mass is 28.3. The van der Waals surface area contributed by atoms with Crippen molar-refractivity contribution in [1.29, 1.82) is 0 Å². The molecule has 22 heavy (non-hydrogen) atoms. The lowest BCUT2D eigenvalue weighted by Crippen LogP contribution is -2.31. The maximum absolute atomic E-state index is 9.65. The molecule has 4 heteroatoms. The summed E-state index contributed by atoms with van der Waals surface area (Å²) < 4.78 is 5.17. The lowest BCUT2D eigenvalue weighted by atomic mass is 9.97. The van der Waals surface area contributed by atoms with Gasteiger partial charge in [-0.3, -0.25) is 0 Å². The summed E-state index contributed by atoms with van der Waals surface area (Å²) in [5.74, 6) is 4.18. The summed E-state index contributed by atoms with van der Waals surface area (Å²) in [5.41, 5.74) is 4.36. The van der Waals surface area contributed by atoms with Gasteiger partial charge in [-0.25, -0.2) is 0 Å². The second-order valence-electron chi connectivity index (χ2n) is 6.34. The molecule has 0 spiro atoms. The van der Waals surface area contributed by atoms with Crippen LogP contribution in [0.2, 0.25) is 19.6 Å². The number of aliphatic hydroxyl groups excluding tert-OH is 1. The third-order valence-corrected chi connectivity index (χ3v) is 4.08. The second-order valence-corrected chi connectivity index (χ2v) is 11.1. The van der Waals surface area contributed by atoms with E-state index < -0.39 is 8.07 Å². The zero-order valence-electron chi connectivity index (χ0n) is 14.0. The Hall–Kier alpha value is -1.70. The summed E-state index contributed by atoms with van der Waals surface area (Å²) in [7, 11) is 0.187. The van der Waals surface area contributed by atoms with Crippen LogP contribution in [-0.4, -0.2) is 32.9 Å². The van der Waals surface area contributed by atoms with Gasteiger partial charge in [-0.05, 0) is 30.7 Å². The first-order valence-electron chi connectivity index (χ1n) is 7.54. The van der Waals surface area contributed by atoms with Gasteiger partial charge in [0.1, 0.15) is 13.8 Å². The Balaban J connectivity index is 2.96. The van der Waals surface area contributed by atoms with Gasteiger partial charge in [-0.2, -0.15) is 0 Å². The van der Waals surface area contributed by atoms with Crippen LogP contribution in [0.4, 0.5) is 5.69 Å². The van der Waals surface area contributed by atoms with Crippen LogP contribution in [0.1, 0.15) is 6.42 Å². The zero-order chi connectivity index (χ0) is 16.6. The van der Waals surface area contributed by atoms with Crippen molar-refractivity contribution in [2.24, 2.45) is 5.92 Å². The van der Waals surface area contributed by atoms with Crippen molar-refractivity contribution >= 4 is 13.8 Å². The van der Waals surface area contributed by atoms with E-state index in [2.05, 4.69) is 43.0 Å². The molecule has 0 bridgehead atoms. The maximum atomic E-state index is 9.65. The van der Waals surface area contributed by atoms with Crippen LogP contribution in [0, 0.1) is 17.4 Å². The first-order valence-corrected chi connectivity index (χ1v) is 11.0. The highest BCUT2D eigenvalue weighted by Gasteiger charge is 2.19. The molecule has 0 saturated heterocycles. The maximum Gasteiger partial charge on any atom is 0.129 e. The molecule has 0 radical (unpaired) electrons. The Bertz CT molecular complexity index is 523. The molecule has 3 nitrogen and oxygen atoms in total. The molecular formula is C18H27NO2Si. The molecule has 0 unspecified atom stereocenters. The predicted molar refractivity (Wildman–Crippen MR) is 96.9 cm³/mol. The Labute approximate surface area is 135 Å². The van der Waals surface area contributed by atoms with Crippen LogP contribution < -0.4 is 10.1 Å². The van der Waals surface area contributed by atoms with Gasteiger partial charge in [0.05, 0.1) is 13.2 Å². The number of benzene rings is 1. The number of nitrogens with one attached hydrogen (secondary N) is 1. The Morgan fingerprint density at radius 2 is 1.95 bits per heavy atom. The quantitative estimate of drug-likeness (QED) is 0.459. The van der Waals surface area contributed by atoms with Crippen molar-refractivity contribution in [3.05, 3.63) is 36.9 Å². The van der Waals surface area contributed by atoms with Crippen molar-refractivity contribution in [3.8, 4) is 17.2 Å². The van der Waals surface area contributed by atoms with E-state index in [9.17, 15) is 5.11 Å². The fourth-order valence-corrected chi connectivity index (χ4v) is 2.55. The van der Waals surface area contributed by atoms with Crippen molar-refractivity contribution < 1.29 is 9.84 Å². The van der Waals surface area contributed by atoms with Gasteiger partial charge in [0.15, 0.2) is 0 Å². The number of anilines is 1. The minimum absolute atomic E-state index is 0.0310. The molecule has 0 aliphatic heterocycles. The summed E-state index contributed by atoms with van der Waals surface area (Å²) in [4.78, 5) is 0. The standard InChI is InChI=1S/C18H27NO2Si/c1-6-7-15(14-20)18(12-13-22(3,4)5)19-16-8-10-17(21-2)11-9-16/h6,8-11,15,18-20H,1,7,14H2,2-5H3/t15-,18+/m0/s1. The first-order chi connectivity index (χ1) is 10.4.